The van der Waals surface area contributed by atoms with Crippen LogP contribution in [0.1, 0.15) is 40.1 Å². The van der Waals surface area contributed by atoms with Gasteiger partial charge in [-0.3, -0.25) is 4.79 Å². The van der Waals surface area contributed by atoms with Crippen molar-refractivity contribution in [2.75, 3.05) is 13.1 Å². The van der Waals surface area contributed by atoms with Crippen molar-refractivity contribution in [1.82, 2.24) is 4.90 Å². The van der Waals surface area contributed by atoms with Crippen LogP contribution >= 0.6 is 11.3 Å². The zero-order valence-corrected chi connectivity index (χ0v) is 14.2. The average Bonchev–Trinajstić information content (AvgIpc) is 3.01. The molecule has 0 unspecified atom stereocenters. The first-order chi connectivity index (χ1) is 11.2. The number of thiophene rings is 1. The van der Waals surface area contributed by atoms with E-state index in [1.54, 1.807) is 11.3 Å². The van der Waals surface area contributed by atoms with E-state index in [1.807, 2.05) is 29.3 Å². The summed E-state index contributed by atoms with van der Waals surface area (Å²) in [6.45, 7) is 3.61. The molecule has 2 aromatic rings. The van der Waals surface area contributed by atoms with Gasteiger partial charge < -0.3 is 9.64 Å². The Balaban J connectivity index is 1.44. The number of hydrogen-bond acceptors (Lipinski definition) is 3. The molecule has 1 aromatic carbocycles. The minimum atomic E-state index is -0.0729. The topological polar surface area (TPSA) is 29.5 Å². The number of aryl methyl sites for hydroxylation is 2. The molecule has 3 nitrogen and oxygen atoms in total. The SMILES string of the molecule is Cc1csc(C(=O)N2CCC3(CCc4ccccc4O3)CC2)c1. The maximum atomic E-state index is 12.6. The maximum Gasteiger partial charge on any atom is 0.263 e. The van der Waals surface area contributed by atoms with Crippen LogP contribution < -0.4 is 4.74 Å². The summed E-state index contributed by atoms with van der Waals surface area (Å²) in [5.41, 5.74) is 2.40. The summed E-state index contributed by atoms with van der Waals surface area (Å²) in [5, 5.41) is 2.04. The highest BCUT2D eigenvalue weighted by Crippen LogP contribution is 2.39. The van der Waals surface area contributed by atoms with Crippen LogP contribution in [0.4, 0.5) is 0 Å². The lowest BCUT2D eigenvalue weighted by Gasteiger charge is -2.44. The van der Waals surface area contributed by atoms with Gasteiger partial charge in [0.15, 0.2) is 0 Å². The largest absolute Gasteiger partial charge is 0.487 e. The van der Waals surface area contributed by atoms with Gasteiger partial charge in [-0.1, -0.05) is 18.2 Å². The quantitative estimate of drug-likeness (QED) is 0.790. The third kappa shape index (κ3) is 2.76. The lowest BCUT2D eigenvalue weighted by atomic mass is 9.83. The van der Waals surface area contributed by atoms with E-state index >= 15 is 0 Å². The van der Waals surface area contributed by atoms with E-state index in [9.17, 15) is 4.79 Å². The Hall–Kier alpha value is -1.81. The van der Waals surface area contributed by atoms with Crippen LogP contribution in [0, 0.1) is 6.92 Å². The van der Waals surface area contributed by atoms with E-state index in [1.165, 1.54) is 11.1 Å². The first-order valence-corrected chi connectivity index (χ1v) is 9.15. The summed E-state index contributed by atoms with van der Waals surface area (Å²) in [6.07, 6.45) is 3.99. The number of piperidine rings is 1. The Bertz CT molecular complexity index is 728. The molecule has 3 heterocycles. The van der Waals surface area contributed by atoms with Gasteiger partial charge in [-0.15, -0.1) is 11.3 Å². The van der Waals surface area contributed by atoms with Crippen LogP contribution in [0.15, 0.2) is 35.7 Å². The summed E-state index contributed by atoms with van der Waals surface area (Å²) >= 11 is 1.55. The minimum absolute atomic E-state index is 0.0729. The molecule has 4 rings (SSSR count). The van der Waals surface area contributed by atoms with Crippen LogP contribution in [0.5, 0.6) is 5.75 Å². The molecular weight excluding hydrogens is 306 g/mol. The number of ether oxygens (including phenoxy) is 1. The van der Waals surface area contributed by atoms with Gasteiger partial charge in [-0.25, -0.2) is 0 Å². The molecule has 1 amide bonds. The number of carbonyl (C=O) groups excluding carboxylic acids is 1. The van der Waals surface area contributed by atoms with Crippen LogP contribution in [0.3, 0.4) is 0 Å². The predicted molar refractivity (Wildman–Crippen MR) is 92.3 cm³/mol. The van der Waals surface area contributed by atoms with E-state index in [4.69, 9.17) is 4.74 Å². The van der Waals surface area contributed by atoms with E-state index in [0.29, 0.717) is 0 Å². The predicted octanol–water partition coefficient (Wildman–Crippen LogP) is 4.06. The number of likely N-dealkylation sites (tertiary alicyclic amines) is 1. The monoisotopic (exact) mass is 327 g/mol. The van der Waals surface area contributed by atoms with Crippen molar-refractivity contribution in [3.8, 4) is 5.75 Å². The highest BCUT2D eigenvalue weighted by Gasteiger charge is 2.40. The molecule has 0 aliphatic carbocycles. The van der Waals surface area contributed by atoms with Crippen LogP contribution in [-0.2, 0) is 6.42 Å². The van der Waals surface area contributed by atoms with Gasteiger partial charge in [0.2, 0.25) is 0 Å². The van der Waals surface area contributed by atoms with Gasteiger partial charge in [-0.2, -0.15) is 0 Å². The Labute approximate surface area is 140 Å². The molecule has 1 aromatic heterocycles. The van der Waals surface area contributed by atoms with Gasteiger partial charge in [0, 0.05) is 25.9 Å². The number of fused-ring (bicyclic) bond motifs is 1. The fraction of sp³-hybridized carbons (Fsp3) is 0.421. The molecular formula is C19H21NO2S. The number of amides is 1. The Morgan fingerprint density at radius 2 is 2.00 bits per heavy atom. The normalized spacial score (nSPS) is 19.3. The zero-order valence-electron chi connectivity index (χ0n) is 13.4. The summed E-state index contributed by atoms with van der Waals surface area (Å²) in [7, 11) is 0. The molecule has 0 bridgehead atoms. The molecule has 0 radical (unpaired) electrons. The van der Waals surface area contributed by atoms with E-state index < -0.39 is 0 Å². The third-order valence-corrected chi connectivity index (χ3v) is 6.09. The van der Waals surface area contributed by atoms with Crippen LogP contribution in [-0.4, -0.2) is 29.5 Å². The van der Waals surface area contributed by atoms with Crippen LogP contribution in [0.2, 0.25) is 0 Å². The number of hydrogen-bond donors (Lipinski definition) is 0. The molecule has 2 aliphatic heterocycles. The Morgan fingerprint density at radius 1 is 1.22 bits per heavy atom. The van der Waals surface area contributed by atoms with E-state index in [0.717, 1.165) is 49.4 Å². The highest BCUT2D eigenvalue weighted by molar-refractivity contribution is 7.12. The minimum Gasteiger partial charge on any atom is -0.487 e. The molecule has 2 aliphatic rings. The van der Waals surface area contributed by atoms with E-state index in [2.05, 4.69) is 18.2 Å². The smallest absolute Gasteiger partial charge is 0.263 e. The van der Waals surface area contributed by atoms with Crippen molar-refractivity contribution in [1.29, 1.82) is 0 Å². The van der Waals surface area contributed by atoms with Gasteiger partial charge >= 0.3 is 0 Å². The van der Waals surface area contributed by atoms with Gasteiger partial charge in [0.1, 0.15) is 11.4 Å². The average molecular weight is 327 g/mol. The van der Waals surface area contributed by atoms with Crippen LogP contribution in [0.25, 0.3) is 0 Å². The fourth-order valence-electron chi connectivity index (χ4n) is 3.63. The Morgan fingerprint density at radius 3 is 2.74 bits per heavy atom. The number of para-hydroxylation sites is 1. The summed E-state index contributed by atoms with van der Waals surface area (Å²) in [6, 6.07) is 10.3. The molecule has 0 atom stereocenters. The van der Waals surface area contributed by atoms with Gasteiger partial charge in [0.05, 0.1) is 4.88 Å². The number of rotatable bonds is 1. The highest BCUT2D eigenvalue weighted by atomic mass is 32.1. The molecule has 23 heavy (non-hydrogen) atoms. The van der Waals surface area contributed by atoms with Crippen molar-refractivity contribution in [2.24, 2.45) is 0 Å². The van der Waals surface area contributed by atoms with Gasteiger partial charge in [-0.05, 0) is 48.4 Å². The van der Waals surface area contributed by atoms with Crippen molar-refractivity contribution in [2.45, 2.75) is 38.2 Å². The number of nitrogens with zero attached hydrogens (tertiary/aromatic N) is 1. The van der Waals surface area contributed by atoms with Crippen molar-refractivity contribution in [3.63, 3.8) is 0 Å². The standard InChI is InChI=1S/C19H21NO2S/c1-14-12-17(23-13-14)18(21)20-10-8-19(9-11-20)7-6-15-4-2-3-5-16(15)22-19/h2-5,12-13H,6-11H2,1H3. The second-order valence-corrected chi connectivity index (χ2v) is 7.58. The lowest BCUT2D eigenvalue weighted by molar-refractivity contribution is -0.0105. The van der Waals surface area contributed by atoms with Crippen molar-refractivity contribution >= 4 is 17.2 Å². The third-order valence-electron chi connectivity index (χ3n) is 5.05. The molecule has 4 heteroatoms. The summed E-state index contributed by atoms with van der Waals surface area (Å²) in [4.78, 5) is 15.4. The fourth-order valence-corrected chi connectivity index (χ4v) is 4.49. The molecule has 0 N–H and O–H groups in total. The molecule has 120 valence electrons. The second-order valence-electron chi connectivity index (χ2n) is 6.67. The lowest BCUT2D eigenvalue weighted by Crippen LogP contribution is -2.51. The van der Waals surface area contributed by atoms with Gasteiger partial charge in [0.25, 0.3) is 5.91 Å². The molecule has 1 spiro atoms. The molecule has 1 fully saturated rings. The first kappa shape index (κ1) is 14.8. The summed E-state index contributed by atoms with van der Waals surface area (Å²) < 4.78 is 6.36. The second kappa shape index (κ2) is 5.68. The molecule has 0 saturated carbocycles. The van der Waals surface area contributed by atoms with E-state index in [-0.39, 0.29) is 11.5 Å². The first-order valence-electron chi connectivity index (χ1n) is 8.27. The zero-order chi connectivity index (χ0) is 15.9. The molecule has 1 saturated heterocycles. The number of carbonyl (C=O) groups is 1. The maximum absolute atomic E-state index is 12.6. The Kier molecular flexibility index (Phi) is 3.64. The van der Waals surface area contributed by atoms with Crippen molar-refractivity contribution in [3.05, 3.63) is 51.7 Å². The number of benzene rings is 1. The summed E-state index contributed by atoms with van der Waals surface area (Å²) in [5.74, 6) is 1.21. The van der Waals surface area contributed by atoms with Crippen molar-refractivity contribution < 1.29 is 9.53 Å².